The quantitative estimate of drug-likeness (QED) is 0.609. The van der Waals surface area contributed by atoms with E-state index >= 15 is 0 Å². The van der Waals surface area contributed by atoms with Gasteiger partial charge in [0.25, 0.3) is 0 Å². The summed E-state index contributed by atoms with van der Waals surface area (Å²) < 4.78 is 7.03. The molecule has 1 amide bonds. The molecule has 0 radical (unpaired) electrons. The predicted octanol–water partition coefficient (Wildman–Crippen LogP) is 3.58. The van der Waals surface area contributed by atoms with E-state index < -0.39 is 0 Å². The van der Waals surface area contributed by atoms with Crippen molar-refractivity contribution in [1.82, 2.24) is 19.6 Å². The minimum atomic E-state index is -0.133. The van der Waals surface area contributed by atoms with E-state index in [1.54, 1.807) is 12.3 Å². The number of aryl methyl sites for hydroxylation is 1. The van der Waals surface area contributed by atoms with Gasteiger partial charge in [0, 0.05) is 68.9 Å². The summed E-state index contributed by atoms with van der Waals surface area (Å²) in [6.45, 7) is 11.2. The van der Waals surface area contributed by atoms with Crippen molar-refractivity contribution in [2.75, 3.05) is 50.8 Å². The molecule has 1 aromatic heterocycles. The lowest BCUT2D eigenvalue weighted by Crippen LogP contribution is -2.53. The Morgan fingerprint density at radius 3 is 2.50 bits per heavy atom. The number of ether oxygens (including phenoxy) is 1. The number of amides is 1. The van der Waals surface area contributed by atoms with Crippen molar-refractivity contribution in [2.24, 2.45) is 11.8 Å². The third-order valence-corrected chi connectivity index (χ3v) is 9.03. The van der Waals surface area contributed by atoms with Crippen molar-refractivity contribution in [2.45, 2.75) is 51.6 Å². The Bertz CT molecular complexity index is 1140. The van der Waals surface area contributed by atoms with Crippen molar-refractivity contribution >= 4 is 17.5 Å². The Kier molecular flexibility index (Phi) is 6.12. The van der Waals surface area contributed by atoms with Gasteiger partial charge in [0.15, 0.2) is 5.78 Å². The first-order chi connectivity index (χ1) is 17.4. The van der Waals surface area contributed by atoms with Crippen LogP contribution in [-0.4, -0.2) is 82.9 Å². The molecule has 4 aliphatic heterocycles. The number of likely N-dealkylation sites (tertiary alicyclic amines) is 2. The molecule has 2 atom stereocenters. The van der Waals surface area contributed by atoms with Crippen molar-refractivity contribution < 1.29 is 14.3 Å². The number of piperidine rings is 1. The van der Waals surface area contributed by atoms with Crippen LogP contribution in [0, 0.1) is 18.8 Å². The monoisotopic (exact) mass is 491 g/mol. The number of hydrogen-bond donors (Lipinski definition) is 0. The zero-order valence-electron chi connectivity index (χ0n) is 21.5. The van der Waals surface area contributed by atoms with Gasteiger partial charge in [0.05, 0.1) is 13.2 Å². The van der Waals surface area contributed by atoms with E-state index in [9.17, 15) is 9.59 Å². The topological polar surface area (TPSA) is 70.9 Å². The minimum Gasteiger partial charge on any atom is -0.381 e. The molecule has 0 bridgehead atoms. The maximum atomic E-state index is 13.0. The summed E-state index contributed by atoms with van der Waals surface area (Å²) in [5.41, 5.74) is 4.63. The highest BCUT2D eigenvalue weighted by atomic mass is 16.5. The van der Waals surface area contributed by atoms with Crippen LogP contribution in [-0.2, 0) is 11.3 Å². The second kappa shape index (κ2) is 9.30. The molecule has 2 aromatic rings. The number of anilines is 1. The van der Waals surface area contributed by atoms with Gasteiger partial charge in [-0.1, -0.05) is 12.1 Å². The van der Waals surface area contributed by atoms with Crippen LogP contribution < -0.4 is 4.90 Å². The van der Waals surface area contributed by atoms with E-state index in [-0.39, 0.29) is 17.4 Å². The van der Waals surface area contributed by atoms with E-state index in [2.05, 4.69) is 40.0 Å². The fourth-order valence-corrected chi connectivity index (χ4v) is 6.88. The van der Waals surface area contributed by atoms with Crippen LogP contribution in [0.2, 0.25) is 0 Å². The van der Waals surface area contributed by atoms with Gasteiger partial charge in [-0.15, -0.1) is 0 Å². The van der Waals surface area contributed by atoms with Gasteiger partial charge >= 0.3 is 6.03 Å². The molecule has 4 aliphatic rings. The van der Waals surface area contributed by atoms with E-state index in [1.165, 1.54) is 41.3 Å². The number of aromatic nitrogens is 2. The number of benzene rings is 1. The molecule has 4 saturated heterocycles. The van der Waals surface area contributed by atoms with Gasteiger partial charge in [-0.05, 0) is 62.4 Å². The Balaban J connectivity index is 1.15. The number of fused-ring (bicyclic) bond motifs is 1. The maximum Gasteiger partial charge on any atom is 0.344 e. The number of ketones is 1. The van der Waals surface area contributed by atoms with Crippen LogP contribution >= 0.6 is 0 Å². The molecule has 192 valence electrons. The Hall–Kier alpha value is -2.71. The lowest BCUT2D eigenvalue weighted by Gasteiger charge is -2.45. The smallest absolute Gasteiger partial charge is 0.344 e. The third-order valence-electron chi connectivity index (χ3n) is 9.03. The van der Waals surface area contributed by atoms with Crippen molar-refractivity contribution in [1.29, 1.82) is 0 Å². The molecule has 1 spiro atoms. The van der Waals surface area contributed by atoms with Crippen molar-refractivity contribution in [3.05, 3.63) is 47.3 Å². The summed E-state index contributed by atoms with van der Waals surface area (Å²) in [7, 11) is 0. The van der Waals surface area contributed by atoms with Gasteiger partial charge in [-0.25, -0.2) is 4.79 Å². The summed E-state index contributed by atoms with van der Waals surface area (Å²) in [4.78, 5) is 31.8. The Labute approximate surface area is 213 Å². The number of Topliss-reactive ketones (excluding diaryl/α,β-unsaturated/α-hetero) is 1. The maximum absolute atomic E-state index is 13.0. The normalized spacial score (nSPS) is 25.6. The first kappa shape index (κ1) is 23.7. The van der Waals surface area contributed by atoms with E-state index in [4.69, 9.17) is 4.74 Å². The molecule has 0 N–H and O–H groups in total. The van der Waals surface area contributed by atoms with Gasteiger partial charge < -0.3 is 14.5 Å². The van der Waals surface area contributed by atoms with Gasteiger partial charge in [-0.2, -0.15) is 9.78 Å². The molecule has 2 unspecified atom stereocenters. The Morgan fingerprint density at radius 1 is 1.06 bits per heavy atom. The zero-order chi connectivity index (χ0) is 24.9. The van der Waals surface area contributed by atoms with Crippen LogP contribution in [0.4, 0.5) is 10.5 Å². The summed E-state index contributed by atoms with van der Waals surface area (Å²) in [5, 5.41) is 4.17. The number of rotatable bonds is 4. The largest absolute Gasteiger partial charge is 0.381 e. The number of carbonyl (C=O) groups is 2. The molecular weight excluding hydrogens is 454 g/mol. The average Bonchev–Trinajstić information content (AvgIpc) is 3.65. The fraction of sp³-hybridized carbons (Fsp3) is 0.607. The SMILES string of the molecule is CC(=O)c1ccn(C(=O)N2CCC3(CCCN3Cc3ccc(C)cc3N3CC4COCC4C3)CC2)n1. The molecule has 0 saturated carbocycles. The third kappa shape index (κ3) is 4.24. The second-order valence-corrected chi connectivity index (χ2v) is 11.3. The van der Waals surface area contributed by atoms with Crippen molar-refractivity contribution in [3.8, 4) is 0 Å². The molecular formula is C28H37N5O3. The summed E-state index contributed by atoms with van der Waals surface area (Å²) in [6, 6.07) is 8.45. The van der Waals surface area contributed by atoms with E-state index in [0.29, 0.717) is 17.5 Å². The lowest BCUT2D eigenvalue weighted by atomic mass is 9.84. The van der Waals surface area contributed by atoms with Crippen LogP contribution in [0.1, 0.15) is 54.2 Å². The Morgan fingerprint density at radius 2 is 1.81 bits per heavy atom. The second-order valence-electron chi connectivity index (χ2n) is 11.3. The molecule has 8 heteroatoms. The molecule has 8 nitrogen and oxygen atoms in total. The number of carbonyl (C=O) groups excluding carboxylic acids is 2. The first-order valence-electron chi connectivity index (χ1n) is 13.4. The first-order valence-corrected chi connectivity index (χ1v) is 13.4. The fourth-order valence-electron chi connectivity index (χ4n) is 6.88. The highest BCUT2D eigenvalue weighted by molar-refractivity contribution is 5.92. The summed E-state index contributed by atoms with van der Waals surface area (Å²) >= 11 is 0. The molecule has 1 aromatic carbocycles. The van der Waals surface area contributed by atoms with E-state index in [0.717, 1.165) is 65.3 Å². The van der Waals surface area contributed by atoms with Crippen LogP contribution in [0.25, 0.3) is 0 Å². The average molecular weight is 492 g/mol. The van der Waals surface area contributed by atoms with E-state index in [1.807, 2.05) is 4.90 Å². The standard InChI is InChI=1S/C28H37N5O3/c1-20-4-5-22(26(14-20)31-15-23-18-36-19-24(23)16-31)17-32-10-3-7-28(32)8-12-30(13-9-28)27(35)33-11-6-25(29-33)21(2)34/h4-6,11,14,23-24H,3,7-10,12-13,15-19H2,1-2H3. The predicted molar refractivity (Wildman–Crippen MR) is 137 cm³/mol. The van der Waals surface area contributed by atoms with Crippen LogP contribution in [0.5, 0.6) is 0 Å². The summed E-state index contributed by atoms with van der Waals surface area (Å²) in [6.07, 6.45) is 5.96. The molecule has 4 fully saturated rings. The van der Waals surface area contributed by atoms with Crippen LogP contribution in [0.15, 0.2) is 30.5 Å². The van der Waals surface area contributed by atoms with Gasteiger partial charge in [-0.3, -0.25) is 9.69 Å². The minimum absolute atomic E-state index is 0.123. The molecule has 6 rings (SSSR count). The number of hydrogen-bond acceptors (Lipinski definition) is 6. The molecule has 0 aliphatic carbocycles. The van der Waals surface area contributed by atoms with Gasteiger partial charge in [0.1, 0.15) is 5.69 Å². The van der Waals surface area contributed by atoms with Crippen molar-refractivity contribution in [3.63, 3.8) is 0 Å². The molecule has 5 heterocycles. The number of nitrogens with zero attached hydrogens (tertiary/aromatic N) is 5. The summed E-state index contributed by atoms with van der Waals surface area (Å²) in [5.74, 6) is 1.21. The van der Waals surface area contributed by atoms with Crippen LogP contribution in [0.3, 0.4) is 0 Å². The lowest BCUT2D eigenvalue weighted by molar-refractivity contribution is 0.0585. The van der Waals surface area contributed by atoms with Gasteiger partial charge in [0.2, 0.25) is 0 Å². The highest BCUT2D eigenvalue weighted by Crippen LogP contribution is 2.41. The highest BCUT2D eigenvalue weighted by Gasteiger charge is 2.44. The molecule has 36 heavy (non-hydrogen) atoms. The zero-order valence-corrected chi connectivity index (χ0v) is 21.5.